The molecule has 0 aromatic carbocycles. The minimum Gasteiger partial charge on any atom is -0.343 e. The molecular formula is C10H22W. The maximum atomic E-state index is 3.99. The Morgan fingerprint density at radius 1 is 1.18 bits per heavy atom. The third kappa shape index (κ3) is 13.6. The maximum Gasteiger partial charge on any atom is 2.00 e. The van der Waals surface area contributed by atoms with Gasteiger partial charge in [0.05, 0.1) is 0 Å². The Kier molecular flexibility index (Phi) is 21.4. The van der Waals surface area contributed by atoms with Crippen LogP contribution in [0.25, 0.3) is 0 Å². The van der Waals surface area contributed by atoms with E-state index in [4.69, 9.17) is 0 Å². The minimum absolute atomic E-state index is 0. The molecule has 68 valence electrons. The monoisotopic (exact) mass is 326 g/mol. The predicted octanol–water partition coefficient (Wildman–Crippen LogP) is 3.73. The standard InChI is InChI=1S/C8H16.C2H6.W/c1-5-6-8(4)7(2)3;1-2;/h7-8H,1,4-6H2,2-3H3;1-2H3;/q-2;;+2. The molecule has 0 aromatic heterocycles. The summed E-state index contributed by atoms with van der Waals surface area (Å²) in [4.78, 5) is 0. The molecule has 0 heterocycles. The molecule has 1 heteroatoms. The SMILES string of the molecule is CC.[CH2-]CCC([CH2-])C(C)C.[W+2]. The predicted molar refractivity (Wildman–Crippen MR) is 49.6 cm³/mol. The van der Waals surface area contributed by atoms with Gasteiger partial charge in [0.15, 0.2) is 0 Å². The van der Waals surface area contributed by atoms with Crippen molar-refractivity contribution in [2.75, 3.05) is 0 Å². The first-order valence-electron chi connectivity index (χ1n) is 4.30. The molecule has 0 nitrogen and oxygen atoms in total. The minimum atomic E-state index is 0. The number of rotatable bonds is 3. The molecule has 0 rings (SSSR count). The van der Waals surface area contributed by atoms with E-state index in [0.29, 0.717) is 5.92 Å². The Morgan fingerprint density at radius 3 is 1.64 bits per heavy atom. The van der Waals surface area contributed by atoms with Crippen molar-refractivity contribution in [1.29, 1.82) is 0 Å². The zero-order valence-electron chi connectivity index (χ0n) is 8.39. The van der Waals surface area contributed by atoms with Crippen LogP contribution in [0.4, 0.5) is 0 Å². The van der Waals surface area contributed by atoms with Gasteiger partial charge in [-0.25, -0.2) is 0 Å². The van der Waals surface area contributed by atoms with E-state index in [-0.39, 0.29) is 21.1 Å². The van der Waals surface area contributed by atoms with Gasteiger partial charge < -0.3 is 13.8 Å². The van der Waals surface area contributed by atoms with Gasteiger partial charge in [0.25, 0.3) is 0 Å². The fourth-order valence-corrected chi connectivity index (χ4v) is 0.596. The van der Waals surface area contributed by atoms with Crippen LogP contribution in [0, 0.1) is 25.7 Å². The molecule has 0 bridgehead atoms. The first-order valence-corrected chi connectivity index (χ1v) is 4.30. The van der Waals surface area contributed by atoms with Crippen molar-refractivity contribution in [3.05, 3.63) is 13.8 Å². The van der Waals surface area contributed by atoms with E-state index < -0.39 is 0 Å². The van der Waals surface area contributed by atoms with Gasteiger partial charge in [-0.3, -0.25) is 0 Å². The summed E-state index contributed by atoms with van der Waals surface area (Å²) < 4.78 is 0. The van der Waals surface area contributed by atoms with Gasteiger partial charge in [-0.05, 0) is 0 Å². The molecule has 1 unspecified atom stereocenters. The first-order chi connectivity index (χ1) is 4.68. The molecule has 0 saturated heterocycles. The van der Waals surface area contributed by atoms with Gasteiger partial charge >= 0.3 is 21.1 Å². The summed E-state index contributed by atoms with van der Waals surface area (Å²) in [6.07, 6.45) is 2.18. The maximum absolute atomic E-state index is 3.99. The fourth-order valence-electron chi connectivity index (χ4n) is 0.596. The summed E-state index contributed by atoms with van der Waals surface area (Å²) in [5.74, 6) is 1.32. The molecule has 11 heavy (non-hydrogen) atoms. The first kappa shape index (κ1) is 17.7. The second-order valence-electron chi connectivity index (χ2n) is 2.65. The van der Waals surface area contributed by atoms with Crippen molar-refractivity contribution < 1.29 is 21.1 Å². The van der Waals surface area contributed by atoms with Crippen molar-refractivity contribution >= 4 is 0 Å². The van der Waals surface area contributed by atoms with E-state index in [1.807, 2.05) is 13.8 Å². The Labute approximate surface area is 87.4 Å². The summed E-state index contributed by atoms with van der Waals surface area (Å²) in [6, 6.07) is 0. The van der Waals surface area contributed by atoms with Gasteiger partial charge in [0.1, 0.15) is 0 Å². The Bertz CT molecular complexity index is 50.8. The third-order valence-corrected chi connectivity index (χ3v) is 1.52. The molecular weight excluding hydrogens is 304 g/mol. The van der Waals surface area contributed by atoms with Crippen LogP contribution in [0.2, 0.25) is 0 Å². The van der Waals surface area contributed by atoms with Gasteiger partial charge in [0, 0.05) is 0 Å². The molecule has 0 aliphatic heterocycles. The molecule has 0 radical (unpaired) electrons. The van der Waals surface area contributed by atoms with Crippen LogP contribution in [-0.4, -0.2) is 0 Å². The average Bonchev–Trinajstić information content (AvgIpc) is 1.93. The number of hydrogen-bond acceptors (Lipinski definition) is 0. The van der Waals surface area contributed by atoms with Crippen molar-refractivity contribution in [2.24, 2.45) is 11.8 Å². The van der Waals surface area contributed by atoms with E-state index in [0.717, 1.165) is 18.8 Å². The zero-order chi connectivity index (χ0) is 8.57. The zero-order valence-corrected chi connectivity index (χ0v) is 11.3. The van der Waals surface area contributed by atoms with Gasteiger partial charge in [-0.1, -0.05) is 33.6 Å². The molecule has 0 aromatic rings. The summed E-state index contributed by atoms with van der Waals surface area (Å²) >= 11 is 0. The van der Waals surface area contributed by atoms with Crippen molar-refractivity contribution in [1.82, 2.24) is 0 Å². The molecule has 0 N–H and O–H groups in total. The molecule has 0 amide bonds. The molecule has 0 spiro atoms. The van der Waals surface area contributed by atoms with Crippen LogP contribution in [-0.2, 0) is 21.1 Å². The van der Waals surface area contributed by atoms with Crippen LogP contribution in [0.15, 0.2) is 0 Å². The topological polar surface area (TPSA) is 0 Å². The van der Waals surface area contributed by atoms with E-state index in [1.165, 1.54) is 0 Å². The largest absolute Gasteiger partial charge is 2.00 e. The quantitative estimate of drug-likeness (QED) is 0.693. The van der Waals surface area contributed by atoms with Crippen LogP contribution in [0.3, 0.4) is 0 Å². The van der Waals surface area contributed by atoms with E-state index in [9.17, 15) is 0 Å². The van der Waals surface area contributed by atoms with Crippen LogP contribution in [0.5, 0.6) is 0 Å². The van der Waals surface area contributed by atoms with E-state index in [2.05, 4.69) is 27.7 Å². The van der Waals surface area contributed by atoms with Crippen LogP contribution >= 0.6 is 0 Å². The van der Waals surface area contributed by atoms with Gasteiger partial charge in [-0.15, -0.1) is 6.42 Å². The second kappa shape index (κ2) is 13.3. The molecule has 1 atom stereocenters. The Hall–Kier alpha value is 0.688. The van der Waals surface area contributed by atoms with Crippen molar-refractivity contribution in [3.8, 4) is 0 Å². The normalized spacial score (nSPS) is 11.2. The van der Waals surface area contributed by atoms with Gasteiger partial charge in [0.2, 0.25) is 0 Å². The Balaban J connectivity index is -0.000000196. The van der Waals surface area contributed by atoms with E-state index >= 15 is 0 Å². The Morgan fingerprint density at radius 2 is 1.55 bits per heavy atom. The number of hydrogen-bond donors (Lipinski definition) is 0. The van der Waals surface area contributed by atoms with Crippen molar-refractivity contribution in [3.63, 3.8) is 0 Å². The molecule has 0 saturated carbocycles. The van der Waals surface area contributed by atoms with Crippen molar-refractivity contribution in [2.45, 2.75) is 40.5 Å². The van der Waals surface area contributed by atoms with Crippen LogP contribution in [0.1, 0.15) is 40.5 Å². The molecule has 0 fully saturated rings. The molecule has 0 aliphatic rings. The molecule has 0 aliphatic carbocycles. The summed E-state index contributed by atoms with van der Waals surface area (Å²) in [5, 5.41) is 0. The second-order valence-corrected chi connectivity index (χ2v) is 2.65. The summed E-state index contributed by atoms with van der Waals surface area (Å²) in [6.45, 7) is 16.2. The van der Waals surface area contributed by atoms with Crippen LogP contribution < -0.4 is 0 Å². The third-order valence-electron chi connectivity index (χ3n) is 1.52. The summed E-state index contributed by atoms with van der Waals surface area (Å²) in [5.41, 5.74) is 0. The van der Waals surface area contributed by atoms with Gasteiger partial charge in [-0.2, -0.15) is 12.3 Å². The fraction of sp³-hybridized carbons (Fsp3) is 0.800. The summed E-state index contributed by atoms with van der Waals surface area (Å²) in [7, 11) is 0. The smallest absolute Gasteiger partial charge is 0.343 e. The average molecular weight is 326 g/mol. The van der Waals surface area contributed by atoms with E-state index in [1.54, 1.807) is 0 Å².